The van der Waals surface area contributed by atoms with Gasteiger partial charge in [0.25, 0.3) is 0 Å². The maximum Gasteiger partial charge on any atom is 0.139 e. The lowest BCUT2D eigenvalue weighted by Crippen LogP contribution is -2.21. The Labute approximate surface area is 81.5 Å². The van der Waals surface area contributed by atoms with E-state index < -0.39 is 0 Å². The molecule has 0 bridgehead atoms. The van der Waals surface area contributed by atoms with Crippen LogP contribution in [0.25, 0.3) is 0 Å². The highest BCUT2D eigenvalue weighted by atomic mass is 32.1. The van der Waals surface area contributed by atoms with E-state index >= 15 is 0 Å². The number of rotatable bonds is 2. The van der Waals surface area contributed by atoms with Crippen molar-refractivity contribution in [2.45, 2.75) is 12.5 Å². The monoisotopic (exact) mass is 199 g/mol. The summed E-state index contributed by atoms with van der Waals surface area (Å²) in [6, 6.07) is 1.92. The maximum atomic E-state index is 5.55. The first-order valence-corrected chi connectivity index (χ1v) is 5.07. The molecule has 1 atom stereocenters. The lowest BCUT2D eigenvalue weighted by molar-refractivity contribution is 0.121. The third kappa shape index (κ3) is 1.76. The van der Waals surface area contributed by atoms with Crippen LogP contribution in [0.1, 0.15) is 6.42 Å². The molecule has 1 unspecified atom stereocenters. The number of methoxy groups -OCH3 is 1. The van der Waals surface area contributed by atoms with Crippen molar-refractivity contribution in [2.75, 3.05) is 30.8 Å². The van der Waals surface area contributed by atoms with Crippen LogP contribution in [0.2, 0.25) is 0 Å². The standard InChI is InChI=1S/C8H13N3OS/c1-12-6-2-3-11(5-6)8-4-7(9)10-13-8/h4,6H,2-3,5H2,1H3,(H2,9,10). The average molecular weight is 199 g/mol. The second kappa shape index (κ2) is 3.51. The molecule has 1 aliphatic rings. The molecular formula is C8H13N3OS. The fraction of sp³-hybridized carbons (Fsp3) is 0.625. The Kier molecular flexibility index (Phi) is 2.37. The van der Waals surface area contributed by atoms with Crippen LogP contribution in [0.5, 0.6) is 0 Å². The fourth-order valence-corrected chi connectivity index (χ4v) is 2.25. The highest BCUT2D eigenvalue weighted by molar-refractivity contribution is 7.10. The summed E-state index contributed by atoms with van der Waals surface area (Å²) in [7, 11) is 1.76. The van der Waals surface area contributed by atoms with E-state index in [1.165, 1.54) is 11.5 Å². The Balaban J connectivity index is 2.03. The average Bonchev–Trinajstić information content (AvgIpc) is 2.71. The van der Waals surface area contributed by atoms with Gasteiger partial charge in [0.2, 0.25) is 0 Å². The lowest BCUT2D eigenvalue weighted by atomic mass is 10.3. The molecule has 0 saturated carbocycles. The van der Waals surface area contributed by atoms with Gasteiger partial charge in [0.15, 0.2) is 0 Å². The van der Waals surface area contributed by atoms with Gasteiger partial charge in [-0.1, -0.05) is 0 Å². The number of ether oxygens (including phenoxy) is 1. The Morgan fingerprint density at radius 1 is 1.77 bits per heavy atom. The summed E-state index contributed by atoms with van der Waals surface area (Å²) in [6.45, 7) is 2.00. The van der Waals surface area contributed by atoms with Crippen LogP contribution in [0.15, 0.2) is 6.07 Å². The molecule has 0 aliphatic carbocycles. The predicted octanol–water partition coefficient (Wildman–Crippen LogP) is 0.950. The quantitative estimate of drug-likeness (QED) is 0.770. The number of nitrogens with zero attached hydrogens (tertiary/aromatic N) is 2. The van der Waals surface area contributed by atoms with Crippen molar-refractivity contribution in [3.05, 3.63) is 6.07 Å². The highest BCUT2D eigenvalue weighted by Gasteiger charge is 2.23. The van der Waals surface area contributed by atoms with E-state index in [-0.39, 0.29) is 0 Å². The molecule has 1 aromatic heterocycles. The van der Waals surface area contributed by atoms with Crippen LogP contribution < -0.4 is 10.6 Å². The molecule has 0 amide bonds. The summed E-state index contributed by atoms with van der Waals surface area (Å²) in [5.41, 5.74) is 5.55. The van der Waals surface area contributed by atoms with E-state index in [0.29, 0.717) is 11.9 Å². The molecule has 13 heavy (non-hydrogen) atoms. The van der Waals surface area contributed by atoms with Crippen molar-refractivity contribution >= 4 is 22.4 Å². The third-order valence-electron chi connectivity index (χ3n) is 2.31. The summed E-state index contributed by atoms with van der Waals surface area (Å²) < 4.78 is 9.33. The molecule has 2 N–H and O–H groups in total. The van der Waals surface area contributed by atoms with E-state index in [1.807, 2.05) is 6.07 Å². The van der Waals surface area contributed by atoms with Gasteiger partial charge < -0.3 is 15.4 Å². The molecule has 0 radical (unpaired) electrons. The molecule has 1 fully saturated rings. The Morgan fingerprint density at radius 2 is 2.62 bits per heavy atom. The van der Waals surface area contributed by atoms with E-state index in [4.69, 9.17) is 10.5 Å². The Bertz CT molecular complexity index is 289. The van der Waals surface area contributed by atoms with Crippen molar-refractivity contribution in [1.29, 1.82) is 0 Å². The summed E-state index contributed by atoms with van der Waals surface area (Å²) in [6.07, 6.45) is 1.46. The number of hydrogen-bond acceptors (Lipinski definition) is 5. The van der Waals surface area contributed by atoms with Crippen LogP contribution in [0, 0.1) is 0 Å². The zero-order chi connectivity index (χ0) is 9.26. The number of anilines is 2. The number of nitrogen functional groups attached to an aromatic ring is 1. The molecule has 0 aromatic carbocycles. The van der Waals surface area contributed by atoms with Crippen LogP contribution in [-0.2, 0) is 4.74 Å². The molecular weight excluding hydrogens is 186 g/mol. The molecule has 1 saturated heterocycles. The van der Waals surface area contributed by atoms with Gasteiger partial charge in [-0.2, -0.15) is 4.37 Å². The number of nitrogens with two attached hydrogens (primary N) is 1. The van der Waals surface area contributed by atoms with Crippen LogP contribution >= 0.6 is 11.5 Å². The van der Waals surface area contributed by atoms with Crippen molar-refractivity contribution in [2.24, 2.45) is 0 Å². The lowest BCUT2D eigenvalue weighted by Gasteiger charge is -2.14. The molecule has 0 spiro atoms. The first-order valence-electron chi connectivity index (χ1n) is 4.29. The highest BCUT2D eigenvalue weighted by Crippen LogP contribution is 2.26. The van der Waals surface area contributed by atoms with Gasteiger partial charge >= 0.3 is 0 Å². The maximum absolute atomic E-state index is 5.55. The zero-order valence-electron chi connectivity index (χ0n) is 7.56. The van der Waals surface area contributed by atoms with Crippen molar-refractivity contribution in [1.82, 2.24) is 4.37 Å². The third-order valence-corrected chi connectivity index (χ3v) is 3.17. The van der Waals surface area contributed by atoms with E-state index in [2.05, 4.69) is 9.27 Å². The molecule has 4 nitrogen and oxygen atoms in total. The first kappa shape index (κ1) is 8.77. The fourth-order valence-electron chi connectivity index (χ4n) is 1.55. The molecule has 1 aliphatic heterocycles. The Morgan fingerprint density at radius 3 is 3.15 bits per heavy atom. The normalized spacial score (nSPS) is 22.5. The van der Waals surface area contributed by atoms with E-state index in [0.717, 1.165) is 24.5 Å². The topological polar surface area (TPSA) is 51.4 Å². The minimum atomic E-state index is 0.364. The van der Waals surface area contributed by atoms with Crippen LogP contribution in [0.4, 0.5) is 10.8 Å². The van der Waals surface area contributed by atoms with Crippen molar-refractivity contribution < 1.29 is 4.74 Å². The van der Waals surface area contributed by atoms with E-state index in [9.17, 15) is 0 Å². The van der Waals surface area contributed by atoms with Gasteiger partial charge in [-0.05, 0) is 18.0 Å². The summed E-state index contributed by atoms with van der Waals surface area (Å²) in [4.78, 5) is 2.27. The second-order valence-electron chi connectivity index (χ2n) is 3.18. The Hall–Kier alpha value is -0.810. The summed E-state index contributed by atoms with van der Waals surface area (Å²) in [5, 5.41) is 1.15. The van der Waals surface area contributed by atoms with Gasteiger partial charge in [0.1, 0.15) is 10.8 Å². The molecule has 2 rings (SSSR count). The molecule has 2 heterocycles. The molecule has 1 aromatic rings. The SMILES string of the molecule is COC1CCN(c2cc(N)ns2)C1. The van der Waals surface area contributed by atoms with Gasteiger partial charge in [-0.25, -0.2) is 0 Å². The molecule has 72 valence electrons. The minimum absolute atomic E-state index is 0.364. The smallest absolute Gasteiger partial charge is 0.139 e. The van der Waals surface area contributed by atoms with Gasteiger partial charge in [-0.15, -0.1) is 0 Å². The zero-order valence-corrected chi connectivity index (χ0v) is 8.38. The van der Waals surface area contributed by atoms with Gasteiger partial charge in [-0.3, -0.25) is 0 Å². The number of aromatic nitrogens is 1. The summed E-state index contributed by atoms with van der Waals surface area (Å²) in [5.74, 6) is 0.612. The second-order valence-corrected chi connectivity index (χ2v) is 3.97. The van der Waals surface area contributed by atoms with Crippen molar-refractivity contribution in [3.63, 3.8) is 0 Å². The largest absolute Gasteiger partial charge is 0.383 e. The van der Waals surface area contributed by atoms with Gasteiger partial charge in [0, 0.05) is 26.3 Å². The number of hydrogen-bond donors (Lipinski definition) is 1. The summed E-state index contributed by atoms with van der Waals surface area (Å²) >= 11 is 1.45. The van der Waals surface area contributed by atoms with Crippen LogP contribution in [0.3, 0.4) is 0 Å². The predicted molar refractivity (Wildman–Crippen MR) is 54.2 cm³/mol. The molecule has 5 heteroatoms. The first-order chi connectivity index (χ1) is 6.29. The minimum Gasteiger partial charge on any atom is -0.383 e. The van der Waals surface area contributed by atoms with Gasteiger partial charge in [0.05, 0.1) is 6.10 Å². The van der Waals surface area contributed by atoms with Crippen LogP contribution in [-0.4, -0.2) is 30.7 Å². The van der Waals surface area contributed by atoms with Crippen molar-refractivity contribution in [3.8, 4) is 0 Å². The van der Waals surface area contributed by atoms with E-state index in [1.54, 1.807) is 7.11 Å².